The van der Waals surface area contributed by atoms with Crippen LogP contribution in [0.4, 0.5) is 0 Å². The Morgan fingerprint density at radius 3 is 0.925 bits per heavy atom. The monoisotopic (exact) mass is 1620 g/mol. The van der Waals surface area contributed by atoms with Crippen molar-refractivity contribution in [1.82, 2.24) is 15.0 Å². The first-order chi connectivity index (χ1) is 59.5. The molecule has 0 fully saturated rings. The van der Waals surface area contributed by atoms with Crippen LogP contribution in [0.25, 0.3) is 202 Å². The van der Waals surface area contributed by atoms with Crippen molar-refractivity contribution >= 4 is 210 Å². The number of pyridine rings is 3. The Morgan fingerprint density at radius 2 is 0.483 bits per heavy atom. The van der Waals surface area contributed by atoms with Gasteiger partial charge in [-0.3, -0.25) is 0 Å². The van der Waals surface area contributed by atoms with Crippen LogP contribution in [0, 0.1) is 0 Å². The molecule has 9 heteroatoms. The third-order valence-electron chi connectivity index (χ3n) is 23.7. The van der Waals surface area contributed by atoms with Gasteiger partial charge in [0.05, 0.1) is 47.7 Å². The lowest BCUT2D eigenvalue weighted by Gasteiger charge is -2.34. The summed E-state index contributed by atoms with van der Waals surface area (Å²) in [6.07, 6.45) is 0. The maximum Gasteiger partial charge on any atom is 0.179 e. The van der Waals surface area contributed by atoms with Gasteiger partial charge in [-0.2, -0.15) is 0 Å². The Morgan fingerprint density at radius 1 is 0.183 bits per heavy atom. The fourth-order valence-electron chi connectivity index (χ4n) is 18.2. The summed E-state index contributed by atoms with van der Waals surface area (Å²) < 4.78 is 16.3. The predicted molar refractivity (Wildman–Crippen MR) is 520 cm³/mol. The van der Waals surface area contributed by atoms with Crippen molar-refractivity contribution in [3.8, 4) is 67.2 Å². The smallest absolute Gasteiger partial charge is 0.179 e. The van der Waals surface area contributed by atoms with Crippen LogP contribution < -0.4 is 20.7 Å². The maximum atomic E-state index is 6.05. The van der Waals surface area contributed by atoms with Crippen molar-refractivity contribution in [3.05, 3.63) is 419 Å². The normalized spacial score (nSPS) is 11.8. The van der Waals surface area contributed by atoms with Gasteiger partial charge in [0.2, 0.25) is 0 Å². The van der Waals surface area contributed by atoms with Crippen molar-refractivity contribution in [3.63, 3.8) is 0 Å². The summed E-state index contributed by atoms with van der Waals surface area (Å²) in [5.41, 5.74) is 18.7. The van der Waals surface area contributed by atoms with Crippen LogP contribution >= 0.6 is 45.3 Å². The van der Waals surface area contributed by atoms with Gasteiger partial charge >= 0.3 is 0 Å². The Hall–Kier alpha value is -14.1. The van der Waals surface area contributed by atoms with Gasteiger partial charge < -0.3 is 4.42 Å². The topological polar surface area (TPSA) is 51.8 Å². The zero-order valence-electron chi connectivity index (χ0n) is 64.7. The molecular weight excluding hydrogens is 1550 g/mol. The molecule has 17 aromatic carbocycles. The highest BCUT2D eigenvalue weighted by atomic mass is 32.1. The van der Waals surface area contributed by atoms with E-state index in [4.69, 9.17) is 19.4 Å². The average molecular weight is 1620 g/mol. The molecule has 0 aliphatic rings. The van der Waals surface area contributed by atoms with Crippen LogP contribution in [0.1, 0.15) is 0 Å². The van der Waals surface area contributed by atoms with Gasteiger partial charge in [-0.05, 0) is 145 Å². The zero-order chi connectivity index (χ0) is 79.2. The summed E-state index contributed by atoms with van der Waals surface area (Å²) in [5, 5.41) is 21.9. The van der Waals surface area contributed by atoms with Crippen molar-refractivity contribution in [2.45, 2.75) is 0 Å². The van der Waals surface area contributed by atoms with Crippen LogP contribution in [-0.4, -0.2) is 23.0 Å². The molecule has 0 N–H and O–H groups in total. The van der Waals surface area contributed by atoms with Gasteiger partial charge in [0.1, 0.15) is 11.2 Å². The highest BCUT2D eigenvalue weighted by Gasteiger charge is 2.41. The molecule has 0 saturated carbocycles. The fraction of sp³-hybridized carbons (Fsp3) is 0. The molecule has 0 atom stereocenters. The van der Waals surface area contributed by atoms with E-state index in [9.17, 15) is 0 Å². The number of para-hydroxylation sites is 4. The van der Waals surface area contributed by atoms with Crippen LogP contribution in [0.2, 0.25) is 0 Å². The minimum Gasteiger partial charge on any atom is -0.456 e. The van der Waals surface area contributed by atoms with Gasteiger partial charge in [0.25, 0.3) is 0 Å². The minimum atomic E-state index is -2.57. The number of furan rings is 1. The number of fused-ring (bicyclic) bond motifs is 21. The van der Waals surface area contributed by atoms with E-state index in [1.54, 1.807) is 0 Å². The van der Waals surface area contributed by atoms with Gasteiger partial charge in [-0.1, -0.05) is 328 Å². The summed E-state index contributed by atoms with van der Waals surface area (Å²) >= 11 is 7.37. The lowest BCUT2D eigenvalue weighted by molar-refractivity contribution is 0.669. The van der Waals surface area contributed by atoms with Crippen molar-refractivity contribution < 1.29 is 4.42 Å². The molecule has 25 aromatic rings. The number of aromatic nitrogens is 3. The average Bonchev–Trinajstić information content (AvgIpc) is 1.73. The second-order valence-electron chi connectivity index (χ2n) is 30.6. The molecule has 562 valence electrons. The van der Waals surface area contributed by atoms with E-state index in [2.05, 4.69) is 406 Å². The molecular formula is C111H69N3OS4Si. The number of thiophene rings is 4. The molecule has 0 unspecified atom stereocenters. The van der Waals surface area contributed by atoms with Crippen molar-refractivity contribution in [2.75, 3.05) is 0 Å². The second kappa shape index (κ2) is 29.8. The summed E-state index contributed by atoms with van der Waals surface area (Å²) in [6, 6.07) is 151. The molecule has 0 aliphatic carbocycles. The standard InChI is InChI=1S/C45H31NSSi.C33H19NOS.C33H19NS2/c1-4-17-35(18-5-1)48(36-19-6-2-7-20-36,37-21-8-3-9-22-37)38-29-27-32(28-30-38)33-15-14-16-34(31-33)44-45-43(39-23-10-12-25-41(39)46-44)40-24-11-13-26-42(40)47-45;1-4-13-27-24(11-1)31-25-12-3-6-15-30(25)36-33(31)32(34-27)22-9-7-8-20(18-22)21-16-17-29-26(19-21)23-10-2-5-14-28(23)35-29;1-4-13-27-24(11-1)31-25-12-3-6-15-29(25)36-33(31)32(34-27)22-9-7-8-20(18-22)21-16-17-30-26(19-21)23-10-2-5-14-28(23)35-30/h1-31H;2*1-19H. The Balaban J connectivity index is 0.000000107. The van der Waals surface area contributed by atoms with E-state index in [0.29, 0.717) is 0 Å². The van der Waals surface area contributed by atoms with Gasteiger partial charge in [0, 0.05) is 110 Å². The molecule has 120 heavy (non-hydrogen) atoms. The number of benzene rings is 17. The van der Waals surface area contributed by atoms with Crippen LogP contribution in [0.3, 0.4) is 0 Å². The third-order valence-corrected chi connectivity index (χ3v) is 33.2. The number of rotatable bonds is 10. The number of nitrogens with zero attached hydrogens (tertiary/aromatic N) is 3. The molecule has 0 aliphatic heterocycles. The SMILES string of the molecule is c1cc(-c2ccc3oc4ccccc4c3c2)cc(-c2nc3ccccc3c3c2sc2ccccc23)c1.c1cc(-c2ccc3sc4ccccc4c3c2)cc(-c2nc3ccccc3c3c2sc2ccccc23)c1.c1ccc([Si](c2ccccc2)(c2ccccc2)c2ccc(-c3cccc(-c4nc5ccccc5c5c4sc4ccccc45)c3)cc2)cc1. The lowest BCUT2D eigenvalue weighted by Crippen LogP contribution is -2.74. The van der Waals surface area contributed by atoms with E-state index >= 15 is 0 Å². The minimum absolute atomic E-state index is 0.916. The molecule has 0 amide bonds. The Bertz CT molecular complexity index is 7910. The maximum absolute atomic E-state index is 6.05. The third kappa shape index (κ3) is 12.2. The molecule has 0 radical (unpaired) electrons. The first kappa shape index (κ1) is 71.2. The first-order valence-corrected chi connectivity index (χ1v) is 45.8. The summed E-state index contributed by atoms with van der Waals surface area (Å²) in [4.78, 5) is 15.6. The Labute approximate surface area is 708 Å². The highest BCUT2D eigenvalue weighted by Crippen LogP contribution is 2.48. The molecule has 8 aromatic heterocycles. The van der Waals surface area contributed by atoms with Crippen LogP contribution in [-0.2, 0) is 0 Å². The summed E-state index contributed by atoms with van der Waals surface area (Å²) in [7, 11) is -2.57. The van der Waals surface area contributed by atoms with E-state index in [1.165, 1.54) is 151 Å². The zero-order valence-corrected chi connectivity index (χ0v) is 69.0. The number of hydrogen-bond donors (Lipinski definition) is 0. The predicted octanol–water partition coefficient (Wildman–Crippen LogP) is 29.5. The molecule has 0 spiro atoms. The molecule has 0 bridgehead atoms. The molecule has 8 heterocycles. The molecule has 25 rings (SSSR count). The van der Waals surface area contributed by atoms with Crippen molar-refractivity contribution in [2.24, 2.45) is 0 Å². The van der Waals surface area contributed by atoms with Gasteiger partial charge in [0.15, 0.2) is 8.07 Å². The molecule has 0 saturated heterocycles. The Kier molecular flexibility index (Phi) is 17.7. The van der Waals surface area contributed by atoms with E-state index in [-0.39, 0.29) is 0 Å². The quantitative estimate of drug-likeness (QED) is 0.101. The molecule has 4 nitrogen and oxygen atoms in total. The van der Waals surface area contributed by atoms with Crippen molar-refractivity contribution in [1.29, 1.82) is 0 Å². The lowest BCUT2D eigenvalue weighted by atomic mass is 9.98. The van der Waals surface area contributed by atoms with Crippen LogP contribution in [0.5, 0.6) is 0 Å². The first-order valence-electron chi connectivity index (χ1n) is 40.5. The summed E-state index contributed by atoms with van der Waals surface area (Å²) in [6.45, 7) is 0. The second-order valence-corrected chi connectivity index (χ2v) is 38.7. The summed E-state index contributed by atoms with van der Waals surface area (Å²) in [5.74, 6) is 0. The van der Waals surface area contributed by atoms with Crippen LogP contribution in [0.15, 0.2) is 423 Å². The van der Waals surface area contributed by atoms with Gasteiger partial charge in [-0.15, -0.1) is 45.3 Å². The van der Waals surface area contributed by atoms with E-state index in [1.807, 2.05) is 57.5 Å². The fourth-order valence-corrected chi connectivity index (χ4v) is 27.7. The largest absolute Gasteiger partial charge is 0.456 e. The van der Waals surface area contributed by atoms with E-state index in [0.717, 1.165) is 72.3 Å². The highest BCUT2D eigenvalue weighted by molar-refractivity contribution is 7.28. The number of hydrogen-bond acceptors (Lipinski definition) is 8. The van der Waals surface area contributed by atoms with E-state index < -0.39 is 8.07 Å². The van der Waals surface area contributed by atoms with Gasteiger partial charge in [-0.25, -0.2) is 15.0 Å².